The summed E-state index contributed by atoms with van der Waals surface area (Å²) in [5, 5.41) is 0. The van der Waals surface area contributed by atoms with Gasteiger partial charge in [-0.1, -0.05) is 31.9 Å². The first kappa shape index (κ1) is 18.4. The highest BCUT2D eigenvalue weighted by Crippen LogP contribution is 2.47. The minimum atomic E-state index is -1.34. The number of unbranched alkanes of at least 4 members (excludes halogenated alkanes) is 2. The van der Waals surface area contributed by atoms with E-state index in [0.717, 1.165) is 19.3 Å². The minimum Gasteiger partial charge on any atom is -0.464 e. The summed E-state index contributed by atoms with van der Waals surface area (Å²) in [6.45, 7) is 5.52. The highest BCUT2D eigenvalue weighted by Gasteiger charge is 2.61. The molecule has 5 heteroatoms. The summed E-state index contributed by atoms with van der Waals surface area (Å²) in [5.74, 6) is -1.93. The first-order chi connectivity index (χ1) is 12.4. The molecule has 3 aliphatic rings. The number of carbonyl (C=O) groups is 3. The van der Waals surface area contributed by atoms with Gasteiger partial charge in [0.1, 0.15) is 23.7 Å². The number of Topliss-reactive ketones (excluding diaryl/α,β-unsaturated/α-hetero) is 2. The number of rotatable bonds is 6. The van der Waals surface area contributed by atoms with Gasteiger partial charge < -0.3 is 9.47 Å². The van der Waals surface area contributed by atoms with Crippen molar-refractivity contribution in [2.45, 2.75) is 52.1 Å². The third-order valence-electron chi connectivity index (χ3n) is 5.24. The molecule has 3 atom stereocenters. The first-order valence-electron chi connectivity index (χ1n) is 9.16. The second kappa shape index (κ2) is 7.06. The molecule has 26 heavy (non-hydrogen) atoms. The topological polar surface area (TPSA) is 69.7 Å². The average Bonchev–Trinajstić information content (AvgIpc) is 2.86. The van der Waals surface area contributed by atoms with Gasteiger partial charge in [-0.3, -0.25) is 14.4 Å². The number of esters is 1. The summed E-state index contributed by atoms with van der Waals surface area (Å²) in [6, 6.07) is 0. The lowest BCUT2D eigenvalue weighted by molar-refractivity contribution is -0.157. The predicted molar refractivity (Wildman–Crippen MR) is 95.8 cm³/mol. The molecule has 0 aromatic rings. The van der Waals surface area contributed by atoms with E-state index in [2.05, 4.69) is 6.92 Å². The number of carbonyl (C=O) groups excluding carboxylic acids is 3. The van der Waals surface area contributed by atoms with E-state index >= 15 is 0 Å². The van der Waals surface area contributed by atoms with Gasteiger partial charge in [0.15, 0.2) is 5.60 Å². The Kier molecular flexibility index (Phi) is 4.99. The maximum atomic E-state index is 13.0. The van der Waals surface area contributed by atoms with Crippen LogP contribution in [-0.4, -0.2) is 23.1 Å². The zero-order chi connectivity index (χ0) is 18.9. The Balaban J connectivity index is 1.95. The molecule has 138 valence electrons. The van der Waals surface area contributed by atoms with Gasteiger partial charge in [0.25, 0.3) is 0 Å². The average molecular weight is 356 g/mol. The zero-order valence-corrected chi connectivity index (χ0v) is 15.4. The van der Waals surface area contributed by atoms with Crippen LogP contribution in [0, 0.1) is 11.8 Å². The van der Waals surface area contributed by atoms with E-state index in [1.54, 1.807) is 19.1 Å². The van der Waals surface area contributed by atoms with Crippen LogP contribution < -0.4 is 0 Å². The van der Waals surface area contributed by atoms with Gasteiger partial charge in [-0.05, 0) is 38.0 Å². The standard InChI is InChI=1S/C21H24O5/c1-4-6-7-9-17(22)18-16-11-13-10-14(8-5-2)25-12-15(13)19(23)21(16,3)26-20(18)24/h5,8,10-12,16,18H,4,6-7,9H2,1-3H3. The SMILES string of the molecule is CC=CC1=CC2=CC3C(C(=O)CCCCC)C(=O)OC3(C)C(=O)C2=CO1. The van der Waals surface area contributed by atoms with Crippen LogP contribution in [0.15, 0.2) is 47.5 Å². The molecule has 1 aliphatic carbocycles. The van der Waals surface area contributed by atoms with Gasteiger partial charge in [0.05, 0.1) is 5.57 Å². The quantitative estimate of drug-likeness (QED) is 0.413. The van der Waals surface area contributed by atoms with Crippen molar-refractivity contribution in [1.82, 2.24) is 0 Å². The molecule has 1 saturated heterocycles. The van der Waals surface area contributed by atoms with Crippen molar-refractivity contribution >= 4 is 17.5 Å². The molecule has 2 heterocycles. The van der Waals surface area contributed by atoms with Gasteiger partial charge in [-0.15, -0.1) is 0 Å². The van der Waals surface area contributed by atoms with E-state index in [-0.39, 0.29) is 11.6 Å². The molecular formula is C21H24O5. The Labute approximate surface area is 153 Å². The summed E-state index contributed by atoms with van der Waals surface area (Å²) in [6.07, 6.45) is 11.6. The van der Waals surface area contributed by atoms with Crippen LogP contribution in [0.1, 0.15) is 46.5 Å². The number of allylic oxidation sites excluding steroid dienone is 4. The molecule has 3 rings (SSSR count). The Morgan fingerprint density at radius 2 is 2.08 bits per heavy atom. The van der Waals surface area contributed by atoms with Crippen LogP contribution in [0.2, 0.25) is 0 Å². The Hall–Kier alpha value is -2.43. The van der Waals surface area contributed by atoms with Gasteiger partial charge >= 0.3 is 5.97 Å². The van der Waals surface area contributed by atoms with Crippen molar-refractivity contribution in [3.8, 4) is 0 Å². The smallest absolute Gasteiger partial charge is 0.318 e. The van der Waals surface area contributed by atoms with Gasteiger partial charge in [-0.2, -0.15) is 0 Å². The van der Waals surface area contributed by atoms with E-state index in [9.17, 15) is 14.4 Å². The number of ketones is 2. The molecule has 0 N–H and O–H groups in total. The highest BCUT2D eigenvalue weighted by atomic mass is 16.6. The molecule has 5 nitrogen and oxygen atoms in total. The van der Waals surface area contributed by atoms with Crippen LogP contribution in [0.25, 0.3) is 0 Å². The van der Waals surface area contributed by atoms with E-state index in [1.165, 1.54) is 6.26 Å². The van der Waals surface area contributed by atoms with Crippen molar-refractivity contribution < 1.29 is 23.9 Å². The molecule has 0 aromatic carbocycles. The number of hydrogen-bond donors (Lipinski definition) is 0. The van der Waals surface area contributed by atoms with Gasteiger partial charge in [0, 0.05) is 12.3 Å². The number of ether oxygens (including phenoxy) is 2. The van der Waals surface area contributed by atoms with E-state index < -0.39 is 23.4 Å². The van der Waals surface area contributed by atoms with Crippen molar-refractivity contribution in [2.75, 3.05) is 0 Å². The van der Waals surface area contributed by atoms with Crippen LogP contribution in [-0.2, 0) is 23.9 Å². The molecule has 0 radical (unpaired) electrons. The fourth-order valence-corrected chi connectivity index (χ4v) is 3.79. The molecule has 0 aromatic heterocycles. The summed E-state index contributed by atoms with van der Waals surface area (Å²) in [7, 11) is 0. The summed E-state index contributed by atoms with van der Waals surface area (Å²) in [5.41, 5.74) is -0.280. The second-order valence-electron chi connectivity index (χ2n) is 7.10. The Morgan fingerprint density at radius 1 is 1.31 bits per heavy atom. The molecule has 0 saturated carbocycles. The fourth-order valence-electron chi connectivity index (χ4n) is 3.79. The van der Waals surface area contributed by atoms with Crippen molar-refractivity contribution in [1.29, 1.82) is 0 Å². The first-order valence-corrected chi connectivity index (χ1v) is 9.16. The van der Waals surface area contributed by atoms with Crippen molar-refractivity contribution in [2.24, 2.45) is 11.8 Å². The summed E-state index contributed by atoms with van der Waals surface area (Å²) < 4.78 is 10.9. The lowest BCUT2D eigenvalue weighted by Gasteiger charge is -2.34. The van der Waals surface area contributed by atoms with Crippen molar-refractivity contribution in [3.63, 3.8) is 0 Å². The molecule has 0 spiro atoms. The van der Waals surface area contributed by atoms with E-state index in [4.69, 9.17) is 9.47 Å². The number of hydrogen-bond acceptors (Lipinski definition) is 5. The normalized spacial score (nSPS) is 30.0. The lowest BCUT2D eigenvalue weighted by atomic mass is 9.69. The fraction of sp³-hybridized carbons (Fsp3) is 0.476. The Morgan fingerprint density at radius 3 is 2.77 bits per heavy atom. The monoisotopic (exact) mass is 356 g/mol. The lowest BCUT2D eigenvalue weighted by Crippen LogP contribution is -2.46. The largest absolute Gasteiger partial charge is 0.464 e. The highest BCUT2D eigenvalue weighted by molar-refractivity contribution is 6.13. The zero-order valence-electron chi connectivity index (χ0n) is 15.4. The number of fused-ring (bicyclic) bond motifs is 2. The van der Waals surface area contributed by atoms with Gasteiger partial charge in [-0.25, -0.2) is 0 Å². The predicted octanol–water partition coefficient (Wildman–Crippen LogP) is 3.57. The van der Waals surface area contributed by atoms with Crippen LogP contribution >= 0.6 is 0 Å². The van der Waals surface area contributed by atoms with Crippen molar-refractivity contribution in [3.05, 3.63) is 47.5 Å². The van der Waals surface area contributed by atoms with E-state index in [1.807, 2.05) is 19.1 Å². The third-order valence-corrected chi connectivity index (χ3v) is 5.24. The molecule has 0 bridgehead atoms. The van der Waals surface area contributed by atoms with E-state index in [0.29, 0.717) is 23.3 Å². The molecule has 0 amide bonds. The maximum Gasteiger partial charge on any atom is 0.318 e. The van der Waals surface area contributed by atoms with Crippen LogP contribution in [0.5, 0.6) is 0 Å². The van der Waals surface area contributed by atoms with Gasteiger partial charge in [0.2, 0.25) is 5.78 Å². The summed E-state index contributed by atoms with van der Waals surface area (Å²) in [4.78, 5) is 38.1. The molecule has 3 unspecified atom stereocenters. The van der Waals surface area contributed by atoms with Crippen LogP contribution in [0.4, 0.5) is 0 Å². The summed E-state index contributed by atoms with van der Waals surface area (Å²) >= 11 is 0. The maximum absolute atomic E-state index is 13.0. The third kappa shape index (κ3) is 2.96. The minimum absolute atomic E-state index is 0.140. The van der Waals surface area contributed by atoms with Crippen LogP contribution in [0.3, 0.4) is 0 Å². The molecular weight excluding hydrogens is 332 g/mol. The molecule has 2 aliphatic heterocycles. The molecule has 1 fully saturated rings. The second-order valence-corrected chi connectivity index (χ2v) is 7.10. The Bertz CT molecular complexity index is 767.